The monoisotopic (exact) mass is 326 g/mol. The van der Waals surface area contributed by atoms with E-state index in [4.69, 9.17) is 11.6 Å². The van der Waals surface area contributed by atoms with Gasteiger partial charge in [-0.05, 0) is 30.0 Å². The van der Waals surface area contributed by atoms with E-state index in [-0.39, 0.29) is 17.4 Å². The zero-order chi connectivity index (χ0) is 15.0. The lowest BCUT2D eigenvalue weighted by Crippen LogP contribution is -2.12. The molecule has 2 aromatic heterocycles. The molecule has 0 saturated heterocycles. The average molecular weight is 327 g/mol. The first-order chi connectivity index (χ1) is 10.2. The molecule has 6 heteroatoms. The molecule has 0 fully saturated rings. The predicted molar refractivity (Wildman–Crippen MR) is 82.0 cm³/mol. The van der Waals surface area contributed by atoms with Gasteiger partial charge in [0, 0.05) is 4.88 Å². The van der Waals surface area contributed by atoms with E-state index in [2.05, 4.69) is 4.98 Å². The maximum Gasteiger partial charge on any atom is 0.184 e. The summed E-state index contributed by atoms with van der Waals surface area (Å²) in [5, 5.41) is 1.97. The van der Waals surface area contributed by atoms with Crippen molar-refractivity contribution in [2.75, 3.05) is 0 Å². The van der Waals surface area contributed by atoms with Crippen LogP contribution in [-0.2, 0) is 5.88 Å². The molecule has 0 aliphatic heterocycles. The highest BCUT2D eigenvalue weighted by atomic mass is 35.5. The highest BCUT2D eigenvalue weighted by Gasteiger charge is 2.23. The molecule has 1 atom stereocenters. The molecule has 3 aromatic rings. The van der Waals surface area contributed by atoms with Gasteiger partial charge in [-0.3, -0.25) is 0 Å². The van der Waals surface area contributed by atoms with Crippen LogP contribution in [0, 0.1) is 11.6 Å². The van der Waals surface area contributed by atoms with Gasteiger partial charge < -0.3 is 4.57 Å². The van der Waals surface area contributed by atoms with Gasteiger partial charge in [-0.2, -0.15) is 0 Å². The number of hydrogen-bond acceptors (Lipinski definition) is 2. The fourth-order valence-corrected chi connectivity index (χ4v) is 3.68. The number of halogens is 3. The average Bonchev–Trinajstić information content (AvgIpc) is 3.12. The number of alkyl halides is 1. The van der Waals surface area contributed by atoms with Gasteiger partial charge in [0.15, 0.2) is 11.6 Å². The van der Waals surface area contributed by atoms with Gasteiger partial charge in [0.05, 0.1) is 17.4 Å². The number of fused-ring (bicyclic) bond motifs is 1. The summed E-state index contributed by atoms with van der Waals surface area (Å²) in [5.41, 5.74) is 0.616. The summed E-state index contributed by atoms with van der Waals surface area (Å²) in [6.45, 7) is 2.01. The summed E-state index contributed by atoms with van der Waals surface area (Å²) in [6.07, 6.45) is 0.742. The Morgan fingerprint density at radius 2 is 2.14 bits per heavy atom. The van der Waals surface area contributed by atoms with E-state index in [9.17, 15) is 8.78 Å². The quantitative estimate of drug-likeness (QED) is 0.609. The minimum atomic E-state index is -0.870. The first-order valence-corrected chi connectivity index (χ1v) is 8.03. The van der Waals surface area contributed by atoms with Crippen molar-refractivity contribution in [1.29, 1.82) is 0 Å². The van der Waals surface area contributed by atoms with E-state index in [1.165, 1.54) is 6.07 Å². The Labute approximate surface area is 130 Å². The third-order valence-corrected chi connectivity index (χ3v) is 4.72. The number of benzene rings is 1. The Bertz CT molecular complexity index is 768. The molecule has 2 nitrogen and oxygen atoms in total. The van der Waals surface area contributed by atoms with Crippen LogP contribution in [0.4, 0.5) is 8.78 Å². The van der Waals surface area contributed by atoms with Crippen LogP contribution in [0.2, 0.25) is 0 Å². The van der Waals surface area contributed by atoms with Crippen LogP contribution >= 0.6 is 22.9 Å². The van der Waals surface area contributed by atoms with Crippen LogP contribution < -0.4 is 0 Å². The lowest BCUT2D eigenvalue weighted by molar-refractivity contribution is 0.502. The minimum absolute atomic E-state index is 0.0972. The molecule has 1 unspecified atom stereocenters. The number of hydrogen-bond donors (Lipinski definition) is 0. The standard InChI is InChI=1S/C15H13ClF2N2S/c1-2-11(12-4-3-7-21-12)20-13(8-16)19-10-6-5-9(17)14(18)15(10)20/h3-7,11H,2,8H2,1H3. The van der Waals surface area contributed by atoms with Gasteiger partial charge >= 0.3 is 0 Å². The summed E-state index contributed by atoms with van der Waals surface area (Å²) in [5.74, 6) is -1.04. The van der Waals surface area contributed by atoms with Crippen molar-refractivity contribution < 1.29 is 8.78 Å². The molecule has 0 saturated carbocycles. The van der Waals surface area contributed by atoms with Crippen molar-refractivity contribution in [2.24, 2.45) is 0 Å². The Morgan fingerprint density at radius 3 is 2.76 bits per heavy atom. The zero-order valence-electron chi connectivity index (χ0n) is 11.3. The second-order valence-electron chi connectivity index (χ2n) is 4.70. The molecule has 0 spiro atoms. The molecule has 0 aliphatic rings. The van der Waals surface area contributed by atoms with Gasteiger partial charge in [0.1, 0.15) is 11.3 Å². The van der Waals surface area contributed by atoms with Gasteiger partial charge in [-0.25, -0.2) is 13.8 Å². The van der Waals surface area contributed by atoms with Crippen LogP contribution in [0.5, 0.6) is 0 Å². The van der Waals surface area contributed by atoms with Crippen LogP contribution in [-0.4, -0.2) is 9.55 Å². The zero-order valence-corrected chi connectivity index (χ0v) is 12.9. The van der Waals surface area contributed by atoms with Crippen LogP contribution in [0.1, 0.15) is 30.1 Å². The molecule has 21 heavy (non-hydrogen) atoms. The normalized spacial score (nSPS) is 13.0. The molecular formula is C15H13ClF2N2S. The van der Waals surface area contributed by atoms with Gasteiger partial charge in [-0.1, -0.05) is 13.0 Å². The molecule has 0 amide bonds. The lowest BCUT2D eigenvalue weighted by atomic mass is 10.1. The number of nitrogens with zero attached hydrogens (tertiary/aromatic N) is 2. The second kappa shape index (κ2) is 5.73. The number of aromatic nitrogens is 2. The lowest BCUT2D eigenvalue weighted by Gasteiger charge is -2.19. The van der Waals surface area contributed by atoms with Gasteiger partial charge in [0.2, 0.25) is 0 Å². The van der Waals surface area contributed by atoms with Crippen molar-refractivity contribution >= 4 is 34.0 Å². The Hall–Kier alpha value is -1.46. The number of rotatable bonds is 4. The SMILES string of the molecule is CCC(c1cccs1)n1c(CCl)nc2ccc(F)c(F)c21. The molecule has 1 aromatic carbocycles. The maximum absolute atomic E-state index is 14.3. The van der Waals surface area contributed by atoms with Crippen LogP contribution in [0.3, 0.4) is 0 Å². The first kappa shape index (κ1) is 14.5. The van der Waals surface area contributed by atoms with E-state index in [0.717, 1.165) is 17.4 Å². The van der Waals surface area contributed by atoms with Crippen molar-refractivity contribution in [3.63, 3.8) is 0 Å². The summed E-state index contributed by atoms with van der Waals surface area (Å²) < 4.78 is 29.6. The van der Waals surface area contributed by atoms with Crippen LogP contribution in [0.25, 0.3) is 11.0 Å². The smallest absolute Gasteiger partial charge is 0.184 e. The topological polar surface area (TPSA) is 17.8 Å². The third-order valence-electron chi connectivity index (χ3n) is 3.51. The maximum atomic E-state index is 14.3. The molecular weight excluding hydrogens is 314 g/mol. The molecule has 0 N–H and O–H groups in total. The van der Waals surface area contributed by atoms with E-state index in [1.807, 2.05) is 24.4 Å². The largest absolute Gasteiger partial charge is 0.316 e. The summed E-state index contributed by atoms with van der Waals surface area (Å²) in [7, 11) is 0. The summed E-state index contributed by atoms with van der Waals surface area (Å²) in [4.78, 5) is 5.42. The fourth-order valence-electron chi connectivity index (χ4n) is 2.59. The third kappa shape index (κ3) is 2.34. The van der Waals surface area contributed by atoms with E-state index in [0.29, 0.717) is 11.3 Å². The minimum Gasteiger partial charge on any atom is -0.316 e. The molecule has 3 rings (SSSR count). The second-order valence-corrected chi connectivity index (χ2v) is 5.95. The Kier molecular flexibility index (Phi) is 3.95. The Morgan fingerprint density at radius 1 is 1.33 bits per heavy atom. The molecule has 0 aliphatic carbocycles. The van der Waals surface area contributed by atoms with Crippen molar-refractivity contribution in [1.82, 2.24) is 9.55 Å². The van der Waals surface area contributed by atoms with Crippen LogP contribution in [0.15, 0.2) is 29.6 Å². The van der Waals surface area contributed by atoms with Crippen molar-refractivity contribution in [2.45, 2.75) is 25.3 Å². The summed E-state index contributed by atoms with van der Waals surface area (Å²) >= 11 is 7.55. The number of thiophene rings is 1. The molecule has 110 valence electrons. The highest BCUT2D eigenvalue weighted by molar-refractivity contribution is 7.10. The van der Waals surface area contributed by atoms with Crippen molar-refractivity contribution in [3.05, 3.63) is 52.0 Å². The van der Waals surface area contributed by atoms with E-state index >= 15 is 0 Å². The fraction of sp³-hybridized carbons (Fsp3) is 0.267. The molecule has 0 bridgehead atoms. The van der Waals surface area contributed by atoms with E-state index in [1.54, 1.807) is 15.9 Å². The van der Waals surface area contributed by atoms with Gasteiger partial charge in [-0.15, -0.1) is 22.9 Å². The van der Waals surface area contributed by atoms with Gasteiger partial charge in [0.25, 0.3) is 0 Å². The predicted octanol–water partition coefficient (Wildman–Crippen LogP) is 5.11. The first-order valence-electron chi connectivity index (χ1n) is 6.61. The molecule has 2 heterocycles. The molecule has 0 radical (unpaired) electrons. The number of imidazole rings is 1. The van der Waals surface area contributed by atoms with Crippen molar-refractivity contribution in [3.8, 4) is 0 Å². The summed E-state index contributed by atoms with van der Waals surface area (Å²) in [6, 6.07) is 6.42. The Balaban J connectivity index is 2.31. The highest BCUT2D eigenvalue weighted by Crippen LogP contribution is 2.33. The van der Waals surface area contributed by atoms with E-state index < -0.39 is 11.6 Å².